The number of amides is 3. The molecule has 3 aromatic rings. The predicted molar refractivity (Wildman–Crippen MR) is 160 cm³/mol. The molecule has 0 spiro atoms. The number of rotatable bonds is 13. The van der Waals surface area contributed by atoms with E-state index in [0.29, 0.717) is 44.6 Å². The smallest absolute Gasteiger partial charge is 0.272 e. The maximum Gasteiger partial charge on any atom is 0.272 e. The van der Waals surface area contributed by atoms with Crippen LogP contribution in [-0.4, -0.2) is 77.3 Å². The summed E-state index contributed by atoms with van der Waals surface area (Å²) in [4.78, 5) is 48.4. The van der Waals surface area contributed by atoms with E-state index in [4.69, 9.17) is 0 Å². The van der Waals surface area contributed by atoms with Crippen LogP contribution in [0.3, 0.4) is 0 Å². The first-order chi connectivity index (χ1) is 20.0. The maximum atomic E-state index is 14.0. The normalized spacial score (nSPS) is 16.1. The third kappa shape index (κ3) is 8.47. The Kier molecular flexibility index (Phi) is 11.0. The third-order valence-electron chi connectivity index (χ3n) is 7.78. The molecule has 216 valence electrons. The van der Waals surface area contributed by atoms with Crippen LogP contribution in [0.5, 0.6) is 0 Å². The van der Waals surface area contributed by atoms with E-state index in [9.17, 15) is 14.4 Å². The van der Waals surface area contributed by atoms with Crippen molar-refractivity contribution in [2.24, 2.45) is 0 Å². The number of hydrogen-bond donors (Lipinski definition) is 2. The molecule has 0 radical (unpaired) electrons. The third-order valence-corrected chi connectivity index (χ3v) is 7.78. The lowest BCUT2D eigenvalue weighted by molar-refractivity contribution is -0.137. The van der Waals surface area contributed by atoms with E-state index in [1.165, 1.54) is 0 Å². The molecule has 3 atom stereocenters. The van der Waals surface area contributed by atoms with Gasteiger partial charge < -0.3 is 20.4 Å². The van der Waals surface area contributed by atoms with Gasteiger partial charge in [0.25, 0.3) is 5.91 Å². The highest BCUT2D eigenvalue weighted by molar-refractivity contribution is 5.92. The lowest BCUT2D eigenvalue weighted by atomic mass is 10.0. The van der Waals surface area contributed by atoms with Crippen LogP contribution in [0.4, 0.5) is 0 Å². The molecule has 0 saturated carbocycles. The number of likely N-dealkylation sites (tertiary alicyclic amines) is 1. The van der Waals surface area contributed by atoms with E-state index in [2.05, 4.69) is 27.8 Å². The van der Waals surface area contributed by atoms with Gasteiger partial charge in [0.15, 0.2) is 0 Å². The van der Waals surface area contributed by atoms with Gasteiger partial charge in [-0.3, -0.25) is 19.4 Å². The zero-order chi connectivity index (χ0) is 29.0. The van der Waals surface area contributed by atoms with Gasteiger partial charge in [-0.1, -0.05) is 66.7 Å². The second-order valence-electron chi connectivity index (χ2n) is 10.6. The molecule has 0 unspecified atom stereocenters. The average molecular weight is 556 g/mol. The first-order valence-corrected chi connectivity index (χ1v) is 14.5. The minimum Gasteiger partial charge on any atom is -0.343 e. The fourth-order valence-electron chi connectivity index (χ4n) is 5.25. The van der Waals surface area contributed by atoms with Crippen molar-refractivity contribution in [3.05, 3.63) is 102 Å². The number of nitrogens with one attached hydrogen (secondary N) is 2. The molecule has 1 aromatic heterocycles. The first kappa shape index (κ1) is 29.9. The average Bonchev–Trinajstić information content (AvgIpc) is 3.49. The van der Waals surface area contributed by atoms with Crippen LogP contribution in [0.15, 0.2) is 85.1 Å². The Morgan fingerprint density at radius 2 is 1.61 bits per heavy atom. The molecule has 2 heterocycles. The summed E-state index contributed by atoms with van der Waals surface area (Å²) in [5, 5.41) is 5.96. The van der Waals surface area contributed by atoms with Crippen LogP contribution in [-0.2, 0) is 22.4 Å². The second-order valence-corrected chi connectivity index (χ2v) is 10.6. The van der Waals surface area contributed by atoms with E-state index in [1.54, 1.807) is 32.3 Å². The Labute approximate surface area is 243 Å². The standard InChI is InChI=1S/C33H41N5O3/c1-25(34-2)31(39)36-30(19-18-26-12-5-3-6-13-26)33(41)38-22-11-16-28(38)24-37(23-20-27-14-7-4-8-15-27)32(40)29-17-9-10-21-35-29/h3-10,12-15,17,21,25,28,30,34H,11,16,18-20,22-24H2,1-2H3,(H,36,39)/t25-,28-,30-/m0/s1. The van der Waals surface area contributed by atoms with Gasteiger partial charge in [0.05, 0.1) is 6.04 Å². The molecule has 4 rings (SSSR count). The quantitative estimate of drug-likeness (QED) is 0.337. The Bertz CT molecular complexity index is 1260. The fourth-order valence-corrected chi connectivity index (χ4v) is 5.25. The molecule has 0 aliphatic carbocycles. The highest BCUT2D eigenvalue weighted by atomic mass is 16.2. The number of pyridine rings is 1. The molecule has 1 aliphatic heterocycles. The van der Waals surface area contributed by atoms with Crippen LogP contribution >= 0.6 is 0 Å². The number of aryl methyl sites for hydroxylation is 1. The lowest BCUT2D eigenvalue weighted by Gasteiger charge is -2.33. The van der Waals surface area contributed by atoms with Gasteiger partial charge in [0.1, 0.15) is 11.7 Å². The van der Waals surface area contributed by atoms with E-state index in [1.807, 2.05) is 64.4 Å². The molecule has 2 N–H and O–H groups in total. The van der Waals surface area contributed by atoms with Gasteiger partial charge in [-0.25, -0.2) is 0 Å². The second kappa shape index (κ2) is 15.1. The Morgan fingerprint density at radius 3 is 2.24 bits per heavy atom. The van der Waals surface area contributed by atoms with E-state index in [-0.39, 0.29) is 23.8 Å². The van der Waals surface area contributed by atoms with Gasteiger partial charge in [0.2, 0.25) is 11.8 Å². The molecule has 8 nitrogen and oxygen atoms in total. The number of nitrogens with zero attached hydrogens (tertiary/aromatic N) is 3. The Balaban J connectivity index is 1.50. The summed E-state index contributed by atoms with van der Waals surface area (Å²) in [6, 6.07) is 24.2. The van der Waals surface area contributed by atoms with Crippen molar-refractivity contribution >= 4 is 17.7 Å². The highest BCUT2D eigenvalue weighted by Gasteiger charge is 2.36. The Hall–Kier alpha value is -4.04. The largest absolute Gasteiger partial charge is 0.343 e. The molecular weight excluding hydrogens is 514 g/mol. The number of hydrogen-bond acceptors (Lipinski definition) is 5. The van der Waals surface area contributed by atoms with Crippen molar-refractivity contribution in [3.63, 3.8) is 0 Å². The van der Waals surface area contributed by atoms with Crippen LogP contribution in [0.25, 0.3) is 0 Å². The van der Waals surface area contributed by atoms with Crippen molar-refractivity contribution in [1.29, 1.82) is 0 Å². The summed E-state index contributed by atoms with van der Waals surface area (Å²) in [7, 11) is 1.73. The van der Waals surface area contributed by atoms with Crippen LogP contribution < -0.4 is 10.6 Å². The van der Waals surface area contributed by atoms with E-state index < -0.39 is 12.1 Å². The molecule has 3 amide bonds. The van der Waals surface area contributed by atoms with Gasteiger partial charge >= 0.3 is 0 Å². The molecule has 0 bridgehead atoms. The molecule has 41 heavy (non-hydrogen) atoms. The molecule has 2 aromatic carbocycles. The molecule has 1 aliphatic rings. The van der Waals surface area contributed by atoms with Crippen molar-refractivity contribution in [2.45, 2.75) is 57.2 Å². The zero-order valence-electron chi connectivity index (χ0n) is 24.0. The first-order valence-electron chi connectivity index (χ1n) is 14.5. The summed E-state index contributed by atoms with van der Waals surface area (Å²) in [6.45, 7) is 3.32. The van der Waals surface area contributed by atoms with Gasteiger partial charge in [-0.15, -0.1) is 0 Å². The molecule has 1 saturated heterocycles. The summed E-state index contributed by atoms with van der Waals surface area (Å²) >= 11 is 0. The summed E-state index contributed by atoms with van der Waals surface area (Å²) < 4.78 is 0. The summed E-state index contributed by atoms with van der Waals surface area (Å²) in [5.74, 6) is -0.435. The van der Waals surface area contributed by atoms with E-state index >= 15 is 0 Å². The van der Waals surface area contributed by atoms with Gasteiger partial charge in [-0.2, -0.15) is 0 Å². The highest BCUT2D eigenvalue weighted by Crippen LogP contribution is 2.22. The van der Waals surface area contributed by atoms with Crippen LogP contribution in [0.2, 0.25) is 0 Å². The minimum absolute atomic E-state index is 0.0895. The number of aromatic nitrogens is 1. The maximum absolute atomic E-state index is 14.0. The van der Waals surface area contributed by atoms with Crippen molar-refractivity contribution < 1.29 is 14.4 Å². The number of likely N-dealkylation sites (N-methyl/N-ethyl adjacent to an activating group) is 1. The fraction of sp³-hybridized carbons (Fsp3) is 0.394. The van der Waals surface area contributed by atoms with Crippen molar-refractivity contribution in [3.8, 4) is 0 Å². The van der Waals surface area contributed by atoms with Gasteiger partial charge in [-0.05, 0) is 69.3 Å². The van der Waals surface area contributed by atoms with Crippen molar-refractivity contribution in [1.82, 2.24) is 25.4 Å². The van der Waals surface area contributed by atoms with Gasteiger partial charge in [0, 0.05) is 31.9 Å². The van der Waals surface area contributed by atoms with Crippen LogP contribution in [0.1, 0.15) is 47.8 Å². The summed E-state index contributed by atoms with van der Waals surface area (Å²) in [5.41, 5.74) is 2.66. The SMILES string of the molecule is CN[C@@H](C)C(=O)N[C@@H](CCc1ccccc1)C(=O)N1CCC[C@H]1CN(CCc1ccccc1)C(=O)c1ccccn1. The summed E-state index contributed by atoms with van der Waals surface area (Å²) in [6.07, 6.45) is 5.16. The predicted octanol–water partition coefficient (Wildman–Crippen LogP) is 3.48. The topological polar surface area (TPSA) is 94.6 Å². The lowest BCUT2D eigenvalue weighted by Crippen LogP contribution is -2.55. The minimum atomic E-state index is -0.650. The molecule has 8 heteroatoms. The van der Waals surface area contributed by atoms with Crippen LogP contribution in [0, 0.1) is 0 Å². The zero-order valence-corrected chi connectivity index (χ0v) is 24.0. The van der Waals surface area contributed by atoms with E-state index in [0.717, 1.165) is 24.0 Å². The Morgan fingerprint density at radius 1 is 0.951 bits per heavy atom. The number of benzene rings is 2. The number of carbonyl (C=O) groups excluding carboxylic acids is 3. The number of carbonyl (C=O) groups is 3. The molecular formula is C33H41N5O3. The monoisotopic (exact) mass is 555 g/mol. The molecule has 1 fully saturated rings. The van der Waals surface area contributed by atoms with Crippen molar-refractivity contribution in [2.75, 3.05) is 26.7 Å².